The molecule has 0 aliphatic heterocycles. The van der Waals surface area contributed by atoms with Gasteiger partial charge < -0.3 is 0 Å². The fraction of sp³-hybridized carbons (Fsp3) is 0.286. The highest BCUT2D eigenvalue weighted by Gasteiger charge is 2.09. The lowest BCUT2D eigenvalue weighted by Crippen LogP contribution is -1.79. The van der Waals surface area contributed by atoms with Gasteiger partial charge in [0.2, 0.25) is 0 Å². The summed E-state index contributed by atoms with van der Waals surface area (Å²) >= 11 is 2.61. The van der Waals surface area contributed by atoms with Crippen molar-refractivity contribution < 1.29 is 0 Å². The van der Waals surface area contributed by atoms with E-state index in [-0.39, 0.29) is 0 Å². The molecule has 1 heterocycles. The van der Waals surface area contributed by atoms with Crippen molar-refractivity contribution in [3.05, 3.63) is 10.4 Å². The van der Waals surface area contributed by atoms with E-state index < -0.39 is 0 Å². The van der Waals surface area contributed by atoms with Crippen molar-refractivity contribution in [2.75, 3.05) is 5.75 Å². The summed E-state index contributed by atoms with van der Waals surface area (Å²) in [4.78, 5) is 0.915. The zero-order chi connectivity index (χ0) is 8.97. The molecule has 0 aliphatic carbocycles. The molecule has 60 valence electrons. The van der Waals surface area contributed by atoms with E-state index >= 15 is 0 Å². The van der Waals surface area contributed by atoms with E-state index in [4.69, 9.17) is 10.5 Å². The Hall–Kier alpha value is -1.04. The normalized spacial score (nSPS) is 8.92. The van der Waals surface area contributed by atoms with Gasteiger partial charge in [-0.25, -0.2) is 0 Å². The summed E-state index contributed by atoms with van der Waals surface area (Å²) in [7, 11) is 0. The molecule has 0 bridgehead atoms. The third-order valence-corrected chi connectivity index (χ3v) is 2.93. The van der Waals surface area contributed by atoms with E-state index in [0.29, 0.717) is 16.3 Å². The molecule has 0 aliphatic rings. The molecular formula is C7H5N3S2. The summed E-state index contributed by atoms with van der Waals surface area (Å²) in [5, 5.41) is 17.7. The molecule has 3 nitrogen and oxygen atoms in total. The van der Waals surface area contributed by atoms with Gasteiger partial charge in [-0.15, -0.1) is 0 Å². The number of thioether (sulfide) groups is 1. The first-order valence-electron chi connectivity index (χ1n) is 3.15. The minimum atomic E-state index is 0.345. The van der Waals surface area contributed by atoms with Crippen LogP contribution in [0.5, 0.6) is 0 Å². The van der Waals surface area contributed by atoms with E-state index in [1.165, 1.54) is 23.3 Å². The van der Waals surface area contributed by atoms with E-state index in [9.17, 15) is 0 Å². The fourth-order valence-electron chi connectivity index (χ4n) is 0.677. The van der Waals surface area contributed by atoms with Gasteiger partial charge in [0.15, 0.2) is 0 Å². The molecule has 0 fully saturated rings. The third kappa shape index (κ3) is 1.76. The third-order valence-electron chi connectivity index (χ3n) is 1.22. The van der Waals surface area contributed by atoms with Crippen molar-refractivity contribution in [3.63, 3.8) is 0 Å². The second-order valence-corrected chi connectivity index (χ2v) is 3.92. The largest absolute Gasteiger partial charge is 0.197 e. The Morgan fingerprint density at radius 1 is 1.58 bits per heavy atom. The monoisotopic (exact) mass is 195 g/mol. The Balaban J connectivity index is 2.88. The Morgan fingerprint density at radius 2 is 2.33 bits per heavy atom. The highest BCUT2D eigenvalue weighted by atomic mass is 32.2. The first-order valence-corrected chi connectivity index (χ1v) is 4.91. The zero-order valence-electron chi connectivity index (χ0n) is 6.37. The Kier molecular flexibility index (Phi) is 3.09. The van der Waals surface area contributed by atoms with E-state index in [0.717, 1.165) is 4.88 Å². The summed E-state index contributed by atoms with van der Waals surface area (Å²) in [5.74, 6) is 0.345. The standard InChI is InChI=1S/C7H5N3S2/c1-5-6(4-9)7(10-12-5)11-3-2-8/h3H2,1H3. The highest BCUT2D eigenvalue weighted by Crippen LogP contribution is 2.25. The highest BCUT2D eigenvalue weighted by molar-refractivity contribution is 7.99. The van der Waals surface area contributed by atoms with Gasteiger partial charge in [0.05, 0.1) is 17.4 Å². The summed E-state index contributed by atoms with van der Waals surface area (Å²) in [6.45, 7) is 1.85. The Bertz CT molecular complexity index is 356. The van der Waals surface area contributed by atoms with Gasteiger partial charge in [0, 0.05) is 4.88 Å². The average molecular weight is 195 g/mol. The van der Waals surface area contributed by atoms with Crippen molar-refractivity contribution in [3.8, 4) is 12.1 Å². The van der Waals surface area contributed by atoms with Crippen LogP contribution >= 0.6 is 23.3 Å². The first-order chi connectivity index (χ1) is 5.79. The van der Waals surface area contributed by atoms with E-state index in [1.807, 2.05) is 13.0 Å². The van der Waals surface area contributed by atoms with Gasteiger partial charge in [-0.1, -0.05) is 11.8 Å². The van der Waals surface area contributed by atoms with Crippen molar-refractivity contribution in [2.45, 2.75) is 11.9 Å². The van der Waals surface area contributed by atoms with Crippen LogP contribution in [0, 0.1) is 29.6 Å². The fourth-order valence-corrected chi connectivity index (χ4v) is 2.15. The maximum Gasteiger partial charge on any atom is 0.129 e. The smallest absolute Gasteiger partial charge is 0.129 e. The minimum Gasteiger partial charge on any atom is -0.197 e. The maximum atomic E-state index is 8.71. The van der Waals surface area contributed by atoms with Crippen LogP contribution in [0.15, 0.2) is 5.03 Å². The number of nitrogens with zero attached hydrogens (tertiary/aromatic N) is 3. The summed E-state index contributed by atoms with van der Waals surface area (Å²) in [6, 6.07) is 4.07. The summed E-state index contributed by atoms with van der Waals surface area (Å²) in [5.41, 5.74) is 0.611. The number of rotatable bonds is 2. The molecule has 0 N–H and O–H groups in total. The predicted molar refractivity (Wildman–Crippen MR) is 47.9 cm³/mol. The molecule has 0 atom stereocenters. The molecular weight excluding hydrogens is 190 g/mol. The van der Waals surface area contributed by atoms with Crippen molar-refractivity contribution >= 4 is 23.3 Å². The van der Waals surface area contributed by atoms with Crippen LogP contribution in [0.4, 0.5) is 0 Å². The van der Waals surface area contributed by atoms with Crippen LogP contribution in [0.3, 0.4) is 0 Å². The van der Waals surface area contributed by atoms with Crippen molar-refractivity contribution in [1.82, 2.24) is 4.37 Å². The SMILES string of the molecule is Cc1snc(SCC#N)c1C#N. The average Bonchev–Trinajstić information content (AvgIpc) is 2.43. The van der Waals surface area contributed by atoms with E-state index in [1.54, 1.807) is 0 Å². The zero-order valence-corrected chi connectivity index (χ0v) is 8.00. The summed E-state index contributed by atoms with van der Waals surface area (Å²) < 4.78 is 4.06. The first kappa shape index (κ1) is 9.05. The maximum absolute atomic E-state index is 8.71. The molecule has 1 aromatic rings. The number of hydrogen-bond acceptors (Lipinski definition) is 5. The van der Waals surface area contributed by atoms with E-state index in [2.05, 4.69) is 10.4 Å². The van der Waals surface area contributed by atoms with Gasteiger partial charge in [0.25, 0.3) is 0 Å². The second-order valence-electron chi connectivity index (χ2n) is 1.98. The minimum absolute atomic E-state index is 0.345. The van der Waals surface area contributed by atoms with Gasteiger partial charge in [-0.2, -0.15) is 14.9 Å². The van der Waals surface area contributed by atoms with Crippen LogP contribution < -0.4 is 0 Å². The number of aromatic nitrogens is 1. The molecule has 0 amide bonds. The lowest BCUT2D eigenvalue weighted by Gasteiger charge is -1.89. The van der Waals surface area contributed by atoms with Crippen LogP contribution in [0.2, 0.25) is 0 Å². The molecule has 0 radical (unpaired) electrons. The number of hydrogen-bond donors (Lipinski definition) is 0. The van der Waals surface area contributed by atoms with Crippen LogP contribution in [0.1, 0.15) is 10.4 Å². The van der Waals surface area contributed by atoms with Crippen LogP contribution in [0.25, 0.3) is 0 Å². The molecule has 1 rings (SSSR count). The lowest BCUT2D eigenvalue weighted by atomic mass is 10.3. The number of aryl methyl sites for hydroxylation is 1. The second kappa shape index (κ2) is 4.10. The van der Waals surface area contributed by atoms with Gasteiger partial charge in [-0.3, -0.25) is 0 Å². The molecule has 5 heteroatoms. The topological polar surface area (TPSA) is 60.5 Å². The summed E-state index contributed by atoms with van der Waals surface area (Å²) in [6.07, 6.45) is 0. The quantitative estimate of drug-likeness (QED) is 0.676. The van der Waals surface area contributed by atoms with Crippen molar-refractivity contribution in [2.24, 2.45) is 0 Å². The number of nitriles is 2. The molecule has 0 saturated carbocycles. The van der Waals surface area contributed by atoms with Gasteiger partial charge >= 0.3 is 0 Å². The predicted octanol–water partition coefficient (Wildman–Crippen LogP) is 1.94. The van der Waals surface area contributed by atoms with Crippen LogP contribution in [-0.4, -0.2) is 10.1 Å². The Labute approximate surface area is 78.8 Å². The molecule has 0 saturated heterocycles. The van der Waals surface area contributed by atoms with Gasteiger partial charge in [0.1, 0.15) is 11.1 Å². The van der Waals surface area contributed by atoms with Crippen molar-refractivity contribution in [1.29, 1.82) is 10.5 Å². The van der Waals surface area contributed by atoms with Gasteiger partial charge in [-0.05, 0) is 18.5 Å². The van der Waals surface area contributed by atoms with Crippen LogP contribution in [-0.2, 0) is 0 Å². The molecule has 0 aromatic carbocycles. The molecule has 0 unspecified atom stereocenters. The Morgan fingerprint density at radius 3 is 2.92 bits per heavy atom. The molecule has 12 heavy (non-hydrogen) atoms. The molecule has 1 aromatic heterocycles. The molecule has 0 spiro atoms. The lowest BCUT2D eigenvalue weighted by molar-refractivity contribution is 1.24.